The van der Waals surface area contributed by atoms with E-state index in [0.717, 1.165) is 25.9 Å². The van der Waals surface area contributed by atoms with Gasteiger partial charge in [-0.25, -0.2) is 0 Å². The molecule has 1 fully saturated rings. The summed E-state index contributed by atoms with van der Waals surface area (Å²) in [4.78, 5) is 14.2. The van der Waals surface area contributed by atoms with Crippen molar-refractivity contribution >= 4 is 16.7 Å². The van der Waals surface area contributed by atoms with Crippen molar-refractivity contribution in [2.45, 2.75) is 19.3 Å². The first-order valence-corrected chi connectivity index (χ1v) is 7.72. The molecule has 0 bridgehead atoms. The molecule has 3 heteroatoms. The van der Waals surface area contributed by atoms with Crippen LogP contribution in [0.15, 0.2) is 42.5 Å². The Kier molecular flexibility index (Phi) is 4.20. The van der Waals surface area contributed by atoms with Gasteiger partial charge in [-0.3, -0.25) is 4.79 Å². The minimum absolute atomic E-state index is 0.263. The monoisotopic (exact) mass is 282 g/mol. The molecule has 110 valence electrons. The molecule has 1 aliphatic rings. The molecule has 0 spiro atoms. The largest absolute Gasteiger partial charge is 0.342 e. The van der Waals surface area contributed by atoms with Gasteiger partial charge < -0.3 is 10.6 Å². The Morgan fingerprint density at radius 3 is 2.76 bits per heavy atom. The number of rotatable bonds is 4. The van der Waals surface area contributed by atoms with Gasteiger partial charge in [0.25, 0.3) is 0 Å². The van der Waals surface area contributed by atoms with Crippen LogP contribution >= 0.6 is 0 Å². The molecule has 0 saturated carbocycles. The predicted molar refractivity (Wildman–Crippen MR) is 86.0 cm³/mol. The quantitative estimate of drug-likeness (QED) is 0.937. The van der Waals surface area contributed by atoms with Crippen molar-refractivity contribution < 1.29 is 4.79 Å². The van der Waals surface area contributed by atoms with Crippen LogP contribution in [-0.2, 0) is 11.2 Å². The van der Waals surface area contributed by atoms with Crippen molar-refractivity contribution in [1.29, 1.82) is 0 Å². The van der Waals surface area contributed by atoms with Crippen LogP contribution in [0.3, 0.4) is 0 Å². The molecule has 2 N–H and O–H groups in total. The lowest BCUT2D eigenvalue weighted by Gasteiger charge is -2.16. The maximum absolute atomic E-state index is 12.2. The Bertz CT molecular complexity index is 638. The molecule has 1 amide bonds. The molecule has 1 saturated heterocycles. The molecule has 3 nitrogen and oxygen atoms in total. The average molecular weight is 282 g/mol. The lowest BCUT2D eigenvalue weighted by Crippen LogP contribution is -2.29. The molecule has 3 rings (SSSR count). The number of likely N-dealkylation sites (tertiary alicyclic amines) is 1. The topological polar surface area (TPSA) is 46.3 Å². The summed E-state index contributed by atoms with van der Waals surface area (Å²) in [6.45, 7) is 2.40. The van der Waals surface area contributed by atoms with E-state index < -0.39 is 0 Å². The zero-order chi connectivity index (χ0) is 14.7. The maximum atomic E-state index is 12.2. The van der Waals surface area contributed by atoms with Gasteiger partial charge in [0.05, 0.1) is 0 Å². The molecule has 2 aromatic rings. The number of aryl methyl sites for hydroxylation is 1. The van der Waals surface area contributed by atoms with E-state index in [2.05, 4.69) is 36.4 Å². The van der Waals surface area contributed by atoms with Crippen LogP contribution in [0.2, 0.25) is 0 Å². The van der Waals surface area contributed by atoms with E-state index in [9.17, 15) is 4.79 Å². The zero-order valence-electron chi connectivity index (χ0n) is 12.3. The summed E-state index contributed by atoms with van der Waals surface area (Å²) in [6.07, 6.45) is 2.46. The van der Waals surface area contributed by atoms with Gasteiger partial charge in [0, 0.05) is 19.5 Å². The minimum atomic E-state index is 0.263. The summed E-state index contributed by atoms with van der Waals surface area (Å²) in [6, 6.07) is 14.8. The third-order valence-electron chi connectivity index (χ3n) is 4.41. The highest BCUT2D eigenvalue weighted by molar-refractivity contribution is 5.83. The van der Waals surface area contributed by atoms with E-state index in [-0.39, 0.29) is 5.91 Å². The van der Waals surface area contributed by atoms with E-state index >= 15 is 0 Å². The van der Waals surface area contributed by atoms with Crippen molar-refractivity contribution in [3.63, 3.8) is 0 Å². The second-order valence-electron chi connectivity index (χ2n) is 5.91. The molecular weight excluding hydrogens is 260 g/mol. The van der Waals surface area contributed by atoms with Gasteiger partial charge in [0.2, 0.25) is 5.91 Å². The lowest BCUT2D eigenvalue weighted by atomic mass is 10.0. The van der Waals surface area contributed by atoms with Crippen molar-refractivity contribution in [2.24, 2.45) is 11.7 Å². The highest BCUT2D eigenvalue weighted by Gasteiger charge is 2.24. The first-order valence-electron chi connectivity index (χ1n) is 7.72. The number of hydrogen-bond acceptors (Lipinski definition) is 2. The number of nitrogens with zero attached hydrogens (tertiary/aromatic N) is 1. The Hall–Kier alpha value is -1.87. The Morgan fingerprint density at radius 2 is 2.00 bits per heavy atom. The van der Waals surface area contributed by atoms with Crippen LogP contribution in [0.1, 0.15) is 18.4 Å². The number of nitrogens with two attached hydrogens (primary N) is 1. The predicted octanol–water partition coefficient (Wildman–Crippen LogP) is 2.58. The standard InChI is InChI=1S/C18H22N2O/c19-12-15-9-10-20(13-15)18(21)8-6-14-5-7-16-3-1-2-4-17(16)11-14/h1-5,7,11,15H,6,8-10,12-13,19H2. The number of carbonyl (C=O) groups excluding carboxylic acids is 1. The molecular formula is C18H22N2O. The number of fused-ring (bicyclic) bond motifs is 1. The molecule has 1 unspecified atom stereocenters. The smallest absolute Gasteiger partial charge is 0.222 e. The highest BCUT2D eigenvalue weighted by atomic mass is 16.2. The third-order valence-corrected chi connectivity index (χ3v) is 4.41. The van der Waals surface area contributed by atoms with Gasteiger partial charge in [-0.2, -0.15) is 0 Å². The molecule has 0 aliphatic carbocycles. The number of hydrogen-bond donors (Lipinski definition) is 1. The van der Waals surface area contributed by atoms with Crippen LogP contribution in [0.5, 0.6) is 0 Å². The molecule has 0 aromatic heterocycles. The van der Waals surface area contributed by atoms with Gasteiger partial charge in [-0.05, 0) is 41.6 Å². The Balaban J connectivity index is 1.60. The Labute approximate surface area is 125 Å². The molecule has 0 radical (unpaired) electrons. The van der Waals surface area contributed by atoms with Crippen molar-refractivity contribution in [1.82, 2.24) is 4.90 Å². The molecule has 1 aliphatic heterocycles. The van der Waals surface area contributed by atoms with E-state index in [0.29, 0.717) is 18.9 Å². The van der Waals surface area contributed by atoms with Crippen LogP contribution in [0.25, 0.3) is 10.8 Å². The number of amides is 1. The van der Waals surface area contributed by atoms with E-state index in [1.807, 2.05) is 11.0 Å². The SMILES string of the molecule is NCC1CCN(C(=O)CCc2ccc3ccccc3c2)C1. The fourth-order valence-electron chi connectivity index (χ4n) is 3.06. The van der Waals surface area contributed by atoms with Crippen LogP contribution < -0.4 is 5.73 Å². The van der Waals surface area contributed by atoms with Crippen LogP contribution in [-0.4, -0.2) is 30.4 Å². The third kappa shape index (κ3) is 3.24. The van der Waals surface area contributed by atoms with Gasteiger partial charge in [0.15, 0.2) is 0 Å². The summed E-state index contributed by atoms with van der Waals surface area (Å²) in [5.74, 6) is 0.758. The fraction of sp³-hybridized carbons (Fsp3) is 0.389. The molecule has 2 aromatic carbocycles. The van der Waals surface area contributed by atoms with Crippen LogP contribution in [0, 0.1) is 5.92 Å². The lowest BCUT2D eigenvalue weighted by molar-refractivity contribution is -0.130. The van der Waals surface area contributed by atoms with Crippen molar-refractivity contribution in [3.05, 3.63) is 48.0 Å². The van der Waals surface area contributed by atoms with E-state index in [1.54, 1.807) is 0 Å². The highest BCUT2D eigenvalue weighted by Crippen LogP contribution is 2.19. The van der Waals surface area contributed by atoms with E-state index in [4.69, 9.17) is 5.73 Å². The summed E-state index contributed by atoms with van der Waals surface area (Å²) >= 11 is 0. The number of benzene rings is 2. The summed E-state index contributed by atoms with van der Waals surface area (Å²) in [5, 5.41) is 2.49. The minimum Gasteiger partial charge on any atom is -0.342 e. The second-order valence-corrected chi connectivity index (χ2v) is 5.91. The molecule has 1 atom stereocenters. The molecule has 21 heavy (non-hydrogen) atoms. The van der Waals surface area contributed by atoms with Gasteiger partial charge in [-0.1, -0.05) is 42.5 Å². The van der Waals surface area contributed by atoms with Gasteiger partial charge in [0.1, 0.15) is 0 Å². The van der Waals surface area contributed by atoms with E-state index in [1.165, 1.54) is 16.3 Å². The fourth-order valence-corrected chi connectivity index (χ4v) is 3.06. The first-order chi connectivity index (χ1) is 10.3. The number of carbonyl (C=O) groups is 1. The normalized spacial score (nSPS) is 18.3. The Morgan fingerprint density at radius 1 is 1.19 bits per heavy atom. The van der Waals surface area contributed by atoms with Gasteiger partial charge >= 0.3 is 0 Å². The van der Waals surface area contributed by atoms with Crippen molar-refractivity contribution in [3.8, 4) is 0 Å². The summed E-state index contributed by atoms with van der Waals surface area (Å²) in [5.41, 5.74) is 6.91. The first kappa shape index (κ1) is 14.1. The molecule has 1 heterocycles. The zero-order valence-corrected chi connectivity index (χ0v) is 12.3. The maximum Gasteiger partial charge on any atom is 0.222 e. The van der Waals surface area contributed by atoms with Gasteiger partial charge in [-0.15, -0.1) is 0 Å². The van der Waals surface area contributed by atoms with Crippen molar-refractivity contribution in [2.75, 3.05) is 19.6 Å². The van der Waals surface area contributed by atoms with Crippen LogP contribution in [0.4, 0.5) is 0 Å². The summed E-state index contributed by atoms with van der Waals surface area (Å²) in [7, 11) is 0. The summed E-state index contributed by atoms with van der Waals surface area (Å²) < 4.78 is 0. The second kappa shape index (κ2) is 6.27. The average Bonchev–Trinajstić information content (AvgIpc) is 3.01.